The summed E-state index contributed by atoms with van der Waals surface area (Å²) >= 11 is 1.15. The van der Waals surface area contributed by atoms with E-state index in [-0.39, 0.29) is 10.8 Å². The highest BCUT2D eigenvalue weighted by Gasteiger charge is 2.28. The van der Waals surface area contributed by atoms with E-state index < -0.39 is 9.05 Å². The van der Waals surface area contributed by atoms with Gasteiger partial charge in [0.05, 0.1) is 9.77 Å². The van der Waals surface area contributed by atoms with Gasteiger partial charge in [-0.3, -0.25) is 4.79 Å². The van der Waals surface area contributed by atoms with E-state index in [0.717, 1.165) is 17.3 Å². The topological polar surface area (TPSA) is 63.2 Å². The van der Waals surface area contributed by atoms with Crippen molar-refractivity contribution in [1.82, 2.24) is 5.32 Å². The number of carbonyl (C=O) groups excluding carboxylic acids is 1. The molecule has 7 heteroatoms. The Morgan fingerprint density at radius 2 is 2.21 bits per heavy atom. The van der Waals surface area contributed by atoms with Gasteiger partial charge in [-0.2, -0.15) is 0 Å². The second-order valence-corrected chi connectivity index (χ2v) is 8.78. The van der Waals surface area contributed by atoms with Gasteiger partial charge in [0.25, 0.3) is 15.0 Å². The highest BCUT2D eigenvalue weighted by atomic mass is 35.7. The van der Waals surface area contributed by atoms with Crippen LogP contribution in [0.15, 0.2) is 11.0 Å². The fraction of sp³-hybridized carbons (Fsp3) is 0.583. The zero-order chi connectivity index (χ0) is 14.2. The summed E-state index contributed by atoms with van der Waals surface area (Å²) in [6.45, 7) is 4.39. The van der Waals surface area contributed by atoms with Crippen molar-refractivity contribution < 1.29 is 13.2 Å². The van der Waals surface area contributed by atoms with Gasteiger partial charge in [-0.05, 0) is 37.7 Å². The van der Waals surface area contributed by atoms with E-state index in [2.05, 4.69) is 12.2 Å². The Labute approximate surface area is 121 Å². The van der Waals surface area contributed by atoms with Crippen LogP contribution in [0.25, 0.3) is 0 Å². The largest absolute Gasteiger partial charge is 0.351 e. The molecule has 4 nitrogen and oxygen atoms in total. The summed E-state index contributed by atoms with van der Waals surface area (Å²) in [5.41, 5.74) is 0. The molecule has 1 aliphatic rings. The fourth-order valence-electron chi connectivity index (χ4n) is 1.99. The third-order valence-corrected chi connectivity index (χ3v) is 6.00. The van der Waals surface area contributed by atoms with E-state index in [9.17, 15) is 13.2 Å². The fourth-order valence-corrected chi connectivity index (χ4v) is 4.57. The number of nitrogens with one attached hydrogen (secondary N) is 1. The highest BCUT2D eigenvalue weighted by molar-refractivity contribution is 8.13. The van der Waals surface area contributed by atoms with E-state index >= 15 is 0 Å². The molecule has 1 saturated carbocycles. The summed E-state index contributed by atoms with van der Waals surface area (Å²) in [5, 5.41) is 2.85. The Balaban J connectivity index is 2.03. The molecule has 1 unspecified atom stereocenters. The second kappa shape index (κ2) is 5.42. The zero-order valence-electron chi connectivity index (χ0n) is 10.8. The summed E-state index contributed by atoms with van der Waals surface area (Å²) in [6.07, 6.45) is 2.48. The minimum absolute atomic E-state index is 0.0274. The van der Waals surface area contributed by atoms with Crippen LogP contribution >= 0.6 is 22.0 Å². The van der Waals surface area contributed by atoms with Crippen LogP contribution in [0.1, 0.15) is 34.3 Å². The minimum Gasteiger partial charge on any atom is -0.351 e. The highest BCUT2D eigenvalue weighted by Crippen LogP contribution is 2.36. The molecule has 1 amide bonds. The number of thiophene rings is 1. The molecule has 1 N–H and O–H groups in total. The van der Waals surface area contributed by atoms with Crippen LogP contribution in [0, 0.1) is 18.8 Å². The molecule has 0 spiro atoms. The average molecular weight is 322 g/mol. The molecule has 19 heavy (non-hydrogen) atoms. The van der Waals surface area contributed by atoms with Crippen LogP contribution in [-0.2, 0) is 9.05 Å². The number of rotatable bonds is 5. The molecule has 0 radical (unpaired) electrons. The minimum atomic E-state index is -3.78. The van der Waals surface area contributed by atoms with Gasteiger partial charge in [0.15, 0.2) is 0 Å². The lowest BCUT2D eigenvalue weighted by molar-refractivity contribution is 0.0950. The van der Waals surface area contributed by atoms with Crippen LogP contribution < -0.4 is 5.32 Å². The van der Waals surface area contributed by atoms with Gasteiger partial charge in [-0.25, -0.2) is 8.42 Å². The lowest BCUT2D eigenvalue weighted by Crippen LogP contribution is -2.28. The standard InChI is InChI=1S/C12H16ClNO3S2/c1-7(9-3-4-9)6-14-12(15)10-5-11(8(2)18-10)19(13,16)17/h5,7,9H,3-4,6H2,1-2H3,(H,14,15). The maximum atomic E-state index is 11.9. The maximum absolute atomic E-state index is 11.9. The van der Waals surface area contributed by atoms with Crippen molar-refractivity contribution in [3.8, 4) is 0 Å². The van der Waals surface area contributed by atoms with Gasteiger partial charge >= 0.3 is 0 Å². The SMILES string of the molecule is Cc1sc(C(=O)NCC(C)C2CC2)cc1S(=O)(=O)Cl. The van der Waals surface area contributed by atoms with Crippen molar-refractivity contribution in [3.05, 3.63) is 15.8 Å². The normalized spacial score (nSPS) is 17.2. The summed E-state index contributed by atoms with van der Waals surface area (Å²) in [5.74, 6) is 0.970. The third-order valence-electron chi connectivity index (χ3n) is 3.37. The van der Waals surface area contributed by atoms with Crippen molar-refractivity contribution in [2.45, 2.75) is 31.6 Å². The molecule has 2 rings (SSSR count). The molecule has 0 aliphatic heterocycles. The number of aryl methyl sites for hydroxylation is 1. The van der Waals surface area contributed by atoms with Crippen molar-refractivity contribution in [1.29, 1.82) is 0 Å². The molecule has 1 aliphatic carbocycles. The van der Waals surface area contributed by atoms with Crippen molar-refractivity contribution >= 4 is 37.0 Å². The van der Waals surface area contributed by atoms with Crippen LogP contribution in [0.3, 0.4) is 0 Å². The third kappa shape index (κ3) is 3.70. The summed E-state index contributed by atoms with van der Waals surface area (Å²) in [6, 6.07) is 1.35. The first-order valence-corrected chi connectivity index (χ1v) is 9.25. The predicted molar refractivity (Wildman–Crippen MR) is 76.3 cm³/mol. The Morgan fingerprint density at radius 3 is 2.68 bits per heavy atom. The van der Waals surface area contributed by atoms with Crippen molar-refractivity contribution in [3.63, 3.8) is 0 Å². The van der Waals surface area contributed by atoms with Crippen LogP contribution in [0.2, 0.25) is 0 Å². The molecule has 1 fully saturated rings. The molecule has 0 aromatic carbocycles. The molecule has 1 aromatic rings. The monoisotopic (exact) mass is 321 g/mol. The summed E-state index contributed by atoms with van der Waals surface area (Å²) < 4.78 is 22.6. The number of carbonyl (C=O) groups is 1. The lowest BCUT2D eigenvalue weighted by atomic mass is 10.1. The average Bonchev–Trinajstić information content (AvgIpc) is 3.07. The molecule has 0 bridgehead atoms. The number of amides is 1. The van der Waals surface area contributed by atoms with Gasteiger partial charge < -0.3 is 5.32 Å². The number of halogens is 1. The predicted octanol–water partition coefficient (Wildman–Crippen LogP) is 2.76. The Morgan fingerprint density at radius 1 is 1.58 bits per heavy atom. The van der Waals surface area contributed by atoms with E-state index in [1.165, 1.54) is 18.9 Å². The first-order valence-electron chi connectivity index (χ1n) is 6.12. The summed E-state index contributed by atoms with van der Waals surface area (Å²) in [4.78, 5) is 12.9. The summed E-state index contributed by atoms with van der Waals surface area (Å²) in [7, 11) is 1.53. The van der Waals surface area contributed by atoms with E-state index in [4.69, 9.17) is 10.7 Å². The molecule has 1 atom stereocenters. The molecular formula is C12H16ClNO3S2. The van der Waals surface area contributed by atoms with E-state index in [1.807, 2.05) is 0 Å². The van der Waals surface area contributed by atoms with Crippen LogP contribution in [-0.4, -0.2) is 20.9 Å². The molecular weight excluding hydrogens is 306 g/mol. The second-order valence-electron chi connectivity index (χ2n) is 4.99. The Hall–Kier alpha value is -0.590. The Kier molecular flexibility index (Phi) is 4.23. The molecule has 0 saturated heterocycles. The van der Waals surface area contributed by atoms with Gasteiger partial charge in [-0.1, -0.05) is 6.92 Å². The van der Waals surface area contributed by atoms with Crippen LogP contribution in [0.5, 0.6) is 0 Å². The molecule has 1 heterocycles. The van der Waals surface area contributed by atoms with Gasteiger partial charge in [0, 0.05) is 22.1 Å². The molecule has 1 aromatic heterocycles. The maximum Gasteiger partial charge on any atom is 0.262 e. The van der Waals surface area contributed by atoms with Crippen molar-refractivity contribution in [2.75, 3.05) is 6.54 Å². The van der Waals surface area contributed by atoms with E-state index in [0.29, 0.717) is 22.2 Å². The smallest absolute Gasteiger partial charge is 0.262 e. The first kappa shape index (κ1) is 14.8. The lowest BCUT2D eigenvalue weighted by Gasteiger charge is -2.10. The molecule has 106 valence electrons. The first-order chi connectivity index (χ1) is 8.79. The quantitative estimate of drug-likeness (QED) is 0.848. The number of hydrogen-bond acceptors (Lipinski definition) is 4. The zero-order valence-corrected chi connectivity index (χ0v) is 13.2. The number of hydrogen-bond donors (Lipinski definition) is 1. The van der Waals surface area contributed by atoms with Gasteiger partial charge in [0.2, 0.25) is 0 Å². The van der Waals surface area contributed by atoms with Gasteiger partial charge in [0.1, 0.15) is 0 Å². The Bertz CT molecular complexity index is 590. The van der Waals surface area contributed by atoms with E-state index in [1.54, 1.807) is 6.92 Å². The van der Waals surface area contributed by atoms with Gasteiger partial charge in [-0.15, -0.1) is 11.3 Å². The van der Waals surface area contributed by atoms with Crippen molar-refractivity contribution in [2.24, 2.45) is 11.8 Å². The van der Waals surface area contributed by atoms with Crippen LogP contribution in [0.4, 0.5) is 0 Å².